The molecule has 1 heterocycles. The largest absolute Gasteiger partial charge is 0.507 e. The standard InChI is InChI=1S/C27H29NO11.ClH/c1-10-22(31)13(28)6-17(38-10)39-15-8-27(36,16(30)9-29)7-12-19(15)26(35)21-20(24(12)33)23(32)11-4-3-5-14(37-2)18(11)25(21)34;/h3-5,10,13,15,17,22,29,31,33,35-36H,6-9,28H2,1-2H3;1H/t10-,13+,15?,17+,22+,27?;/m1./s1. The van der Waals surface area contributed by atoms with E-state index >= 15 is 0 Å². The van der Waals surface area contributed by atoms with Crippen LogP contribution in [0, 0.1) is 0 Å². The summed E-state index contributed by atoms with van der Waals surface area (Å²) in [5.74, 6) is -3.77. The lowest BCUT2D eigenvalue weighted by Gasteiger charge is -2.42. The zero-order chi connectivity index (χ0) is 28.4. The van der Waals surface area contributed by atoms with Crippen LogP contribution < -0.4 is 10.5 Å². The van der Waals surface area contributed by atoms with Crippen molar-refractivity contribution in [3.05, 3.63) is 51.6 Å². The molecule has 0 saturated carbocycles. The van der Waals surface area contributed by atoms with Gasteiger partial charge in [-0.1, -0.05) is 12.1 Å². The minimum absolute atomic E-state index is 0. The predicted octanol–water partition coefficient (Wildman–Crippen LogP) is 0.423. The topological polar surface area (TPSA) is 206 Å². The first-order chi connectivity index (χ1) is 18.4. The van der Waals surface area contributed by atoms with Crippen LogP contribution in [0.4, 0.5) is 0 Å². The average Bonchev–Trinajstić information content (AvgIpc) is 2.90. The fourth-order valence-electron chi connectivity index (χ4n) is 5.75. The Kier molecular flexibility index (Phi) is 8.00. The third-order valence-corrected chi connectivity index (χ3v) is 7.81. The van der Waals surface area contributed by atoms with Crippen LogP contribution in [0.15, 0.2) is 18.2 Å². The highest BCUT2D eigenvalue weighted by molar-refractivity contribution is 6.31. The van der Waals surface area contributed by atoms with Crippen LogP contribution in [0.5, 0.6) is 17.2 Å². The molecule has 0 amide bonds. The van der Waals surface area contributed by atoms with E-state index in [9.17, 15) is 39.9 Å². The lowest BCUT2D eigenvalue weighted by Crippen LogP contribution is -2.53. The number of phenolic OH excluding ortho intramolecular Hbond substituents is 2. The number of benzene rings is 2. The van der Waals surface area contributed by atoms with E-state index in [0.717, 1.165) is 0 Å². The average molecular weight is 580 g/mol. The summed E-state index contributed by atoms with van der Waals surface area (Å²) in [7, 11) is 1.32. The van der Waals surface area contributed by atoms with Gasteiger partial charge < -0.3 is 45.5 Å². The Bertz CT molecular complexity index is 1380. The minimum Gasteiger partial charge on any atom is -0.507 e. The third kappa shape index (κ3) is 4.45. The van der Waals surface area contributed by atoms with Gasteiger partial charge in [-0.15, -0.1) is 12.4 Å². The highest BCUT2D eigenvalue weighted by Crippen LogP contribution is 2.52. The zero-order valence-corrected chi connectivity index (χ0v) is 22.4. The molecule has 0 bridgehead atoms. The summed E-state index contributed by atoms with van der Waals surface area (Å²) < 4.78 is 17.0. The van der Waals surface area contributed by atoms with E-state index in [4.69, 9.17) is 19.9 Å². The molecule has 1 saturated heterocycles. The van der Waals surface area contributed by atoms with E-state index in [1.807, 2.05) is 0 Å². The van der Waals surface area contributed by atoms with Crippen molar-refractivity contribution in [2.45, 2.75) is 62.4 Å². The number of phenols is 2. The quantitative estimate of drug-likeness (QED) is 0.227. The smallest absolute Gasteiger partial charge is 0.202 e. The molecule has 0 aromatic heterocycles. The van der Waals surface area contributed by atoms with Crippen molar-refractivity contribution < 1.29 is 54.1 Å². The fraction of sp³-hybridized carbons (Fsp3) is 0.444. The maximum Gasteiger partial charge on any atom is 0.202 e. The van der Waals surface area contributed by atoms with Gasteiger partial charge in [0.15, 0.2) is 17.9 Å². The number of carbonyl (C=O) groups excluding carboxylic acids is 3. The first-order valence-corrected chi connectivity index (χ1v) is 12.4. The molecule has 6 atom stereocenters. The van der Waals surface area contributed by atoms with Crippen LogP contribution in [0.2, 0.25) is 0 Å². The number of hydrogen-bond acceptors (Lipinski definition) is 12. The van der Waals surface area contributed by atoms with E-state index in [0.29, 0.717) is 0 Å². The van der Waals surface area contributed by atoms with Crippen molar-refractivity contribution >= 4 is 29.8 Å². The van der Waals surface area contributed by atoms with E-state index in [2.05, 4.69) is 0 Å². The number of ketones is 3. The van der Waals surface area contributed by atoms with Gasteiger partial charge in [0.25, 0.3) is 0 Å². The summed E-state index contributed by atoms with van der Waals surface area (Å²) in [5.41, 5.74) is 2.37. The number of methoxy groups -OCH3 is 1. The monoisotopic (exact) mass is 579 g/mol. The lowest BCUT2D eigenvalue weighted by atomic mass is 9.72. The summed E-state index contributed by atoms with van der Waals surface area (Å²) in [6, 6.07) is 3.64. The molecule has 0 radical (unpaired) electrons. The Morgan fingerprint density at radius 1 is 1.15 bits per heavy atom. The zero-order valence-electron chi connectivity index (χ0n) is 21.6. The Morgan fingerprint density at radius 2 is 1.82 bits per heavy atom. The van der Waals surface area contributed by atoms with Crippen LogP contribution in [0.3, 0.4) is 0 Å². The number of nitrogens with two attached hydrogens (primary N) is 1. The van der Waals surface area contributed by atoms with Crippen LogP contribution in [0.25, 0.3) is 0 Å². The number of carbonyl (C=O) groups is 3. The molecule has 5 rings (SSSR count). The summed E-state index contributed by atoms with van der Waals surface area (Å²) in [6.45, 7) is 0.560. The highest BCUT2D eigenvalue weighted by Gasteiger charge is 2.50. The van der Waals surface area contributed by atoms with E-state index in [-0.39, 0.29) is 46.8 Å². The maximum absolute atomic E-state index is 13.6. The number of rotatable bonds is 5. The van der Waals surface area contributed by atoms with Gasteiger partial charge in [-0.3, -0.25) is 14.4 Å². The summed E-state index contributed by atoms with van der Waals surface area (Å²) >= 11 is 0. The Hall–Kier alpha value is -3.10. The Morgan fingerprint density at radius 3 is 2.45 bits per heavy atom. The maximum atomic E-state index is 13.6. The molecule has 2 aromatic rings. The van der Waals surface area contributed by atoms with Gasteiger partial charge >= 0.3 is 0 Å². The normalized spacial score (nSPS) is 29.1. The van der Waals surface area contributed by atoms with Crippen LogP contribution in [-0.4, -0.2) is 86.7 Å². The summed E-state index contributed by atoms with van der Waals surface area (Å²) in [6.07, 6.45) is -5.12. The molecule has 2 aliphatic carbocycles. The molecule has 1 fully saturated rings. The first-order valence-electron chi connectivity index (χ1n) is 12.4. The summed E-state index contributed by atoms with van der Waals surface area (Å²) in [4.78, 5) is 39.7. The fourth-order valence-corrected chi connectivity index (χ4v) is 5.75. The Labute approximate surface area is 234 Å². The lowest BCUT2D eigenvalue weighted by molar-refractivity contribution is -0.247. The van der Waals surface area contributed by atoms with Crippen LogP contribution >= 0.6 is 12.4 Å². The van der Waals surface area contributed by atoms with Crippen molar-refractivity contribution in [3.63, 3.8) is 0 Å². The Balaban J connectivity index is 0.00000370. The molecular formula is C27H30ClNO11. The molecule has 2 aromatic carbocycles. The first kappa shape index (κ1) is 29.9. The second kappa shape index (κ2) is 10.7. The molecule has 12 nitrogen and oxygen atoms in total. The van der Waals surface area contributed by atoms with Crippen molar-refractivity contribution in [3.8, 4) is 17.2 Å². The molecule has 13 heteroatoms. The number of Topliss-reactive ketones (excluding diaryl/α,β-unsaturated/α-hetero) is 1. The van der Waals surface area contributed by atoms with Gasteiger partial charge in [-0.25, -0.2) is 0 Å². The van der Waals surface area contributed by atoms with Crippen LogP contribution in [-0.2, 0) is 20.7 Å². The van der Waals surface area contributed by atoms with Crippen molar-refractivity contribution in [1.82, 2.24) is 0 Å². The SMILES string of the molecule is COc1cccc2c1C(=O)c1c(O)c3c(c(O)c1C2=O)CC(O)(C(=O)CO)CC3O[C@H]1C[C@H](N)[C@@H](O)[C@@H](C)O1.Cl. The molecule has 7 N–H and O–H groups in total. The molecule has 40 heavy (non-hydrogen) atoms. The van der Waals surface area contributed by atoms with E-state index < -0.39 is 95.7 Å². The second-order valence-corrected chi connectivity index (χ2v) is 10.2. The molecule has 3 aliphatic rings. The number of aliphatic hydroxyl groups excluding tert-OH is 2. The van der Waals surface area contributed by atoms with Gasteiger partial charge in [-0.05, 0) is 13.0 Å². The van der Waals surface area contributed by atoms with Gasteiger partial charge in [0, 0.05) is 42.0 Å². The van der Waals surface area contributed by atoms with E-state index in [1.165, 1.54) is 25.3 Å². The molecular weight excluding hydrogens is 550 g/mol. The number of aliphatic hydroxyl groups is 3. The van der Waals surface area contributed by atoms with Crippen molar-refractivity contribution in [2.75, 3.05) is 13.7 Å². The van der Waals surface area contributed by atoms with Gasteiger partial charge in [-0.2, -0.15) is 0 Å². The number of fused-ring (bicyclic) bond motifs is 3. The van der Waals surface area contributed by atoms with E-state index in [1.54, 1.807) is 6.92 Å². The molecule has 2 unspecified atom stereocenters. The van der Waals surface area contributed by atoms with Crippen molar-refractivity contribution in [1.29, 1.82) is 0 Å². The minimum atomic E-state index is -2.24. The van der Waals surface area contributed by atoms with Gasteiger partial charge in [0.05, 0.1) is 42.1 Å². The predicted molar refractivity (Wildman–Crippen MR) is 139 cm³/mol. The number of ether oxygens (including phenoxy) is 3. The van der Waals surface area contributed by atoms with Crippen LogP contribution in [0.1, 0.15) is 68.8 Å². The summed E-state index contributed by atoms with van der Waals surface area (Å²) in [5, 5.41) is 53.7. The molecule has 216 valence electrons. The molecule has 1 aliphatic heterocycles. The third-order valence-electron chi connectivity index (χ3n) is 7.81. The second-order valence-electron chi connectivity index (χ2n) is 10.2. The number of aromatic hydroxyl groups is 2. The van der Waals surface area contributed by atoms with Gasteiger partial charge in [0.1, 0.15) is 29.5 Å². The highest BCUT2D eigenvalue weighted by atomic mass is 35.5. The van der Waals surface area contributed by atoms with Crippen molar-refractivity contribution in [2.24, 2.45) is 5.73 Å². The molecule has 0 spiro atoms. The van der Waals surface area contributed by atoms with Gasteiger partial charge in [0.2, 0.25) is 5.78 Å². The number of hydrogen-bond donors (Lipinski definition) is 6. The number of halogens is 1.